The summed E-state index contributed by atoms with van der Waals surface area (Å²) in [7, 11) is 1.64. The lowest BCUT2D eigenvalue weighted by Crippen LogP contribution is -2.26. The number of halogens is 3. The number of carbonyl (C=O) groups excluding carboxylic acids is 1. The van der Waals surface area contributed by atoms with Crippen LogP contribution in [-0.4, -0.2) is 29.9 Å². The highest BCUT2D eigenvalue weighted by molar-refractivity contribution is 8.00. The Morgan fingerprint density at radius 1 is 1.29 bits per heavy atom. The van der Waals surface area contributed by atoms with Crippen molar-refractivity contribution in [1.82, 2.24) is 4.90 Å². The van der Waals surface area contributed by atoms with Crippen molar-refractivity contribution in [3.8, 4) is 0 Å². The van der Waals surface area contributed by atoms with Gasteiger partial charge in [0, 0.05) is 24.1 Å². The van der Waals surface area contributed by atoms with Gasteiger partial charge in [-0.2, -0.15) is 13.2 Å². The summed E-state index contributed by atoms with van der Waals surface area (Å²) >= 11 is -0.190. The minimum Gasteiger partial charge on any atom is -0.342 e. The smallest absolute Gasteiger partial charge is 0.342 e. The SMILES string of the molecule is CCN(C)C(=O)c1ccc(SC(F)(F)F)cc1. The summed E-state index contributed by atoms with van der Waals surface area (Å²) in [5, 5.41) is 0. The molecule has 0 heterocycles. The molecule has 0 aliphatic heterocycles. The van der Waals surface area contributed by atoms with Crippen molar-refractivity contribution in [2.24, 2.45) is 0 Å². The Morgan fingerprint density at radius 2 is 1.82 bits per heavy atom. The first-order chi connectivity index (χ1) is 7.83. The molecule has 0 saturated heterocycles. The molecule has 1 amide bonds. The molecule has 6 heteroatoms. The van der Waals surface area contributed by atoms with E-state index in [-0.39, 0.29) is 22.6 Å². The van der Waals surface area contributed by atoms with E-state index in [0.29, 0.717) is 12.1 Å². The molecule has 0 aliphatic rings. The van der Waals surface area contributed by atoms with Crippen molar-refractivity contribution in [3.63, 3.8) is 0 Å². The first-order valence-corrected chi connectivity index (χ1v) is 5.76. The highest BCUT2D eigenvalue weighted by Gasteiger charge is 2.29. The van der Waals surface area contributed by atoms with Gasteiger partial charge >= 0.3 is 5.51 Å². The van der Waals surface area contributed by atoms with Crippen LogP contribution in [0.15, 0.2) is 29.2 Å². The van der Waals surface area contributed by atoms with Crippen LogP contribution in [0.4, 0.5) is 13.2 Å². The fourth-order valence-electron chi connectivity index (χ4n) is 1.16. The van der Waals surface area contributed by atoms with Crippen LogP contribution in [0, 0.1) is 0 Å². The van der Waals surface area contributed by atoms with E-state index in [1.54, 1.807) is 7.05 Å². The van der Waals surface area contributed by atoms with Gasteiger partial charge in [0.25, 0.3) is 5.91 Å². The van der Waals surface area contributed by atoms with Crippen LogP contribution in [0.2, 0.25) is 0 Å². The topological polar surface area (TPSA) is 20.3 Å². The van der Waals surface area contributed by atoms with Gasteiger partial charge in [-0.15, -0.1) is 0 Å². The fourth-order valence-corrected chi connectivity index (χ4v) is 1.70. The number of hydrogen-bond donors (Lipinski definition) is 0. The van der Waals surface area contributed by atoms with E-state index in [0.717, 1.165) is 0 Å². The molecule has 17 heavy (non-hydrogen) atoms. The van der Waals surface area contributed by atoms with E-state index in [1.165, 1.54) is 29.2 Å². The molecule has 94 valence electrons. The maximum absolute atomic E-state index is 12.1. The van der Waals surface area contributed by atoms with Crippen molar-refractivity contribution in [1.29, 1.82) is 0 Å². The highest BCUT2D eigenvalue weighted by Crippen LogP contribution is 2.36. The summed E-state index contributed by atoms with van der Waals surface area (Å²) < 4.78 is 36.2. The first-order valence-electron chi connectivity index (χ1n) is 4.94. The number of benzene rings is 1. The van der Waals surface area contributed by atoms with Gasteiger partial charge in [0.05, 0.1) is 0 Å². The van der Waals surface area contributed by atoms with E-state index < -0.39 is 5.51 Å². The fraction of sp³-hybridized carbons (Fsp3) is 0.364. The minimum absolute atomic E-state index is 0.0770. The number of carbonyl (C=O) groups is 1. The zero-order chi connectivity index (χ0) is 13.1. The summed E-state index contributed by atoms with van der Waals surface area (Å²) in [6.45, 7) is 2.38. The molecular formula is C11H12F3NOS. The third kappa shape index (κ3) is 4.30. The van der Waals surface area contributed by atoms with E-state index in [9.17, 15) is 18.0 Å². The number of rotatable bonds is 3. The van der Waals surface area contributed by atoms with Gasteiger partial charge in [0.15, 0.2) is 0 Å². The van der Waals surface area contributed by atoms with Crippen LogP contribution >= 0.6 is 11.8 Å². The van der Waals surface area contributed by atoms with Crippen LogP contribution in [0.1, 0.15) is 17.3 Å². The van der Waals surface area contributed by atoms with Crippen molar-refractivity contribution < 1.29 is 18.0 Å². The molecule has 0 aromatic heterocycles. The van der Waals surface area contributed by atoms with Gasteiger partial charge < -0.3 is 4.90 Å². The monoisotopic (exact) mass is 263 g/mol. The molecule has 1 rings (SSSR count). The Labute approximate surface area is 102 Å². The summed E-state index contributed by atoms with van der Waals surface area (Å²) in [5.74, 6) is -0.198. The zero-order valence-electron chi connectivity index (χ0n) is 9.41. The average molecular weight is 263 g/mol. The molecule has 0 saturated carbocycles. The summed E-state index contributed by atoms with van der Waals surface area (Å²) in [6.07, 6.45) is 0. The first kappa shape index (κ1) is 13.9. The number of amides is 1. The molecule has 1 aromatic rings. The molecule has 0 bridgehead atoms. The second kappa shape index (κ2) is 5.44. The van der Waals surface area contributed by atoms with Gasteiger partial charge in [-0.1, -0.05) is 0 Å². The Balaban J connectivity index is 2.78. The highest BCUT2D eigenvalue weighted by atomic mass is 32.2. The quantitative estimate of drug-likeness (QED) is 0.779. The normalized spacial score (nSPS) is 11.4. The molecule has 0 N–H and O–H groups in total. The van der Waals surface area contributed by atoms with Gasteiger partial charge in [0.1, 0.15) is 0 Å². The molecular weight excluding hydrogens is 251 g/mol. The van der Waals surface area contributed by atoms with E-state index >= 15 is 0 Å². The molecule has 0 aliphatic carbocycles. The molecule has 0 radical (unpaired) electrons. The second-order valence-corrected chi connectivity index (χ2v) is 4.53. The minimum atomic E-state index is -4.30. The van der Waals surface area contributed by atoms with E-state index in [2.05, 4.69) is 0 Å². The lowest BCUT2D eigenvalue weighted by molar-refractivity contribution is -0.0328. The second-order valence-electron chi connectivity index (χ2n) is 3.39. The van der Waals surface area contributed by atoms with Crippen LogP contribution < -0.4 is 0 Å². The standard InChI is InChI=1S/C11H12F3NOS/c1-3-15(2)10(16)8-4-6-9(7-5-8)17-11(12,13)14/h4-7H,3H2,1-2H3. The van der Waals surface area contributed by atoms with E-state index in [4.69, 9.17) is 0 Å². The Hall–Kier alpha value is -1.17. The Bertz CT molecular complexity index is 389. The maximum Gasteiger partial charge on any atom is 0.446 e. The molecule has 0 unspecified atom stereocenters. The average Bonchev–Trinajstić information content (AvgIpc) is 2.26. The van der Waals surface area contributed by atoms with Crippen LogP contribution in [0.25, 0.3) is 0 Å². The number of nitrogens with zero attached hydrogens (tertiary/aromatic N) is 1. The van der Waals surface area contributed by atoms with Gasteiger partial charge in [-0.25, -0.2) is 0 Å². The predicted molar refractivity (Wildman–Crippen MR) is 61.0 cm³/mol. The van der Waals surface area contributed by atoms with Crippen molar-refractivity contribution in [2.45, 2.75) is 17.3 Å². The van der Waals surface area contributed by atoms with Gasteiger partial charge in [-0.05, 0) is 43.0 Å². The van der Waals surface area contributed by atoms with Crippen molar-refractivity contribution in [3.05, 3.63) is 29.8 Å². The van der Waals surface area contributed by atoms with E-state index in [1.807, 2.05) is 6.92 Å². The number of thioether (sulfide) groups is 1. The molecule has 0 spiro atoms. The predicted octanol–water partition coefficient (Wildman–Crippen LogP) is 3.39. The summed E-state index contributed by atoms with van der Waals surface area (Å²) in [5.41, 5.74) is -3.91. The van der Waals surface area contributed by atoms with Gasteiger partial charge in [-0.3, -0.25) is 4.79 Å². The largest absolute Gasteiger partial charge is 0.446 e. The number of hydrogen-bond acceptors (Lipinski definition) is 2. The summed E-state index contributed by atoms with van der Waals surface area (Å²) in [4.78, 5) is 13.2. The van der Waals surface area contributed by atoms with Crippen molar-refractivity contribution in [2.75, 3.05) is 13.6 Å². The lowest BCUT2D eigenvalue weighted by Gasteiger charge is -2.14. The number of alkyl halides is 3. The molecule has 0 atom stereocenters. The molecule has 0 fully saturated rings. The Kier molecular flexibility index (Phi) is 4.45. The lowest BCUT2D eigenvalue weighted by atomic mass is 10.2. The summed E-state index contributed by atoms with van der Waals surface area (Å²) in [6, 6.07) is 5.41. The Morgan fingerprint density at radius 3 is 2.24 bits per heavy atom. The maximum atomic E-state index is 12.1. The third-order valence-electron chi connectivity index (χ3n) is 2.16. The van der Waals surface area contributed by atoms with Crippen LogP contribution in [0.3, 0.4) is 0 Å². The third-order valence-corrected chi connectivity index (χ3v) is 2.90. The molecule has 1 aromatic carbocycles. The molecule has 2 nitrogen and oxygen atoms in total. The van der Waals surface area contributed by atoms with Crippen molar-refractivity contribution >= 4 is 17.7 Å². The van der Waals surface area contributed by atoms with Gasteiger partial charge in [0.2, 0.25) is 0 Å². The van der Waals surface area contributed by atoms with Crippen LogP contribution in [0.5, 0.6) is 0 Å². The zero-order valence-corrected chi connectivity index (χ0v) is 10.2. The van der Waals surface area contributed by atoms with Crippen LogP contribution in [-0.2, 0) is 0 Å².